The SMILES string of the molecule is c1ccc(N(c2ccc3c(c2)oc2ccc4ccccc4c23)c2cccc3c2sc2ccc4oc5c6ccccc6ccc5c4c23)cc1. The molecule has 0 radical (unpaired) electrons. The zero-order chi connectivity index (χ0) is 31.3. The molecule has 11 rings (SSSR count). The second-order valence-corrected chi connectivity index (χ2v) is 13.5. The Morgan fingerprint density at radius 2 is 1.12 bits per heavy atom. The molecule has 0 spiro atoms. The predicted molar refractivity (Wildman–Crippen MR) is 204 cm³/mol. The van der Waals surface area contributed by atoms with E-state index in [1.54, 1.807) is 0 Å². The average molecular weight is 632 g/mol. The maximum atomic E-state index is 6.58. The lowest BCUT2D eigenvalue weighted by Gasteiger charge is -2.26. The van der Waals surface area contributed by atoms with Gasteiger partial charge in [0.05, 0.1) is 10.4 Å². The lowest BCUT2D eigenvalue weighted by Crippen LogP contribution is -2.09. The van der Waals surface area contributed by atoms with Crippen LogP contribution in [0.2, 0.25) is 0 Å². The summed E-state index contributed by atoms with van der Waals surface area (Å²) in [7, 11) is 0. The van der Waals surface area contributed by atoms with Crippen LogP contribution in [0.3, 0.4) is 0 Å². The Bertz CT molecular complexity index is 3070. The highest BCUT2D eigenvalue weighted by atomic mass is 32.1. The van der Waals surface area contributed by atoms with Crippen LogP contribution >= 0.6 is 11.3 Å². The average Bonchev–Trinajstić information content (AvgIpc) is 3.83. The van der Waals surface area contributed by atoms with Crippen LogP contribution in [0.15, 0.2) is 160 Å². The summed E-state index contributed by atoms with van der Waals surface area (Å²) in [6, 6.07) is 53.9. The lowest BCUT2D eigenvalue weighted by atomic mass is 10.0. The lowest BCUT2D eigenvalue weighted by molar-refractivity contribution is 0.669. The number of nitrogens with zero attached hydrogens (tertiary/aromatic N) is 1. The zero-order valence-corrected chi connectivity index (χ0v) is 26.4. The molecule has 3 nitrogen and oxygen atoms in total. The standard InChI is InChI=1S/C44H25NO2S/c1-2-11-28(12-3-1)45(29-19-21-32-38(25-29)46-36-22-18-26-9-4-6-13-30(26)40(32)36)35-16-8-15-34-42-39(48-44(34)35)24-23-37-41(42)33-20-17-27-10-5-7-14-31(27)43(33)47-37/h1-25H. The van der Waals surface area contributed by atoms with Crippen LogP contribution in [0.1, 0.15) is 0 Å². The molecule has 0 aliphatic carbocycles. The number of rotatable bonds is 3. The van der Waals surface area contributed by atoms with Crippen LogP contribution in [-0.2, 0) is 0 Å². The molecular weight excluding hydrogens is 607 g/mol. The van der Waals surface area contributed by atoms with Gasteiger partial charge in [0.2, 0.25) is 0 Å². The molecule has 11 aromatic rings. The molecule has 0 atom stereocenters. The van der Waals surface area contributed by atoms with Crippen molar-refractivity contribution < 1.29 is 8.83 Å². The smallest absolute Gasteiger partial charge is 0.143 e. The van der Waals surface area contributed by atoms with Gasteiger partial charge in [-0.05, 0) is 70.8 Å². The van der Waals surface area contributed by atoms with E-state index in [0.29, 0.717) is 0 Å². The first kappa shape index (κ1) is 26.0. The molecule has 0 bridgehead atoms. The molecule has 0 amide bonds. The highest BCUT2D eigenvalue weighted by Crippen LogP contribution is 2.49. The molecule has 3 heterocycles. The van der Waals surface area contributed by atoms with Gasteiger partial charge in [-0.15, -0.1) is 11.3 Å². The number of thiophene rings is 1. The molecule has 224 valence electrons. The van der Waals surface area contributed by atoms with Crippen molar-refractivity contribution in [1.82, 2.24) is 0 Å². The fraction of sp³-hybridized carbons (Fsp3) is 0. The Labute approximate surface area is 278 Å². The number of benzene rings is 8. The van der Waals surface area contributed by atoms with Crippen LogP contribution in [0.5, 0.6) is 0 Å². The Kier molecular flexibility index (Phi) is 5.26. The Hall–Kier alpha value is -6.10. The van der Waals surface area contributed by atoms with Gasteiger partial charge >= 0.3 is 0 Å². The molecule has 0 unspecified atom stereocenters. The van der Waals surface area contributed by atoms with Gasteiger partial charge in [-0.2, -0.15) is 0 Å². The summed E-state index contributed by atoms with van der Waals surface area (Å²) in [4.78, 5) is 2.36. The quantitative estimate of drug-likeness (QED) is 0.194. The van der Waals surface area contributed by atoms with E-state index in [-0.39, 0.29) is 0 Å². The minimum Gasteiger partial charge on any atom is -0.456 e. The van der Waals surface area contributed by atoms with Crippen molar-refractivity contribution in [1.29, 1.82) is 0 Å². The Morgan fingerprint density at radius 3 is 2.02 bits per heavy atom. The van der Waals surface area contributed by atoms with E-state index >= 15 is 0 Å². The molecule has 0 aliphatic rings. The highest BCUT2D eigenvalue weighted by molar-refractivity contribution is 7.26. The van der Waals surface area contributed by atoms with Gasteiger partial charge in [-0.1, -0.05) is 91.0 Å². The van der Waals surface area contributed by atoms with Crippen LogP contribution in [0, 0.1) is 0 Å². The van der Waals surface area contributed by atoms with Gasteiger partial charge < -0.3 is 13.7 Å². The summed E-state index contributed by atoms with van der Waals surface area (Å²) in [5, 5.41) is 11.9. The second kappa shape index (κ2) is 9.71. The Balaban J connectivity index is 1.18. The van der Waals surface area contributed by atoms with Crippen LogP contribution in [0.4, 0.5) is 17.1 Å². The van der Waals surface area contributed by atoms with Gasteiger partial charge in [-0.25, -0.2) is 0 Å². The highest BCUT2D eigenvalue weighted by Gasteiger charge is 2.22. The number of anilines is 3. The summed E-state index contributed by atoms with van der Waals surface area (Å²) in [6.45, 7) is 0. The maximum Gasteiger partial charge on any atom is 0.143 e. The molecule has 0 saturated heterocycles. The minimum atomic E-state index is 0.877. The van der Waals surface area contributed by atoms with Crippen molar-refractivity contribution >= 4 is 114 Å². The van der Waals surface area contributed by atoms with Crippen molar-refractivity contribution in [3.05, 3.63) is 152 Å². The first-order valence-corrected chi connectivity index (χ1v) is 17.0. The van der Waals surface area contributed by atoms with Gasteiger partial charge in [0, 0.05) is 59.8 Å². The maximum absolute atomic E-state index is 6.58. The van der Waals surface area contributed by atoms with E-state index in [9.17, 15) is 0 Å². The summed E-state index contributed by atoms with van der Waals surface area (Å²) in [5.41, 5.74) is 6.92. The van der Waals surface area contributed by atoms with Gasteiger partial charge in [-0.3, -0.25) is 0 Å². The normalized spacial score (nSPS) is 12.2. The molecule has 0 fully saturated rings. The Morgan fingerprint density at radius 1 is 0.417 bits per heavy atom. The van der Waals surface area contributed by atoms with E-state index in [1.807, 2.05) is 11.3 Å². The minimum absolute atomic E-state index is 0.877. The third-order valence-electron chi connectivity index (χ3n) is 9.82. The topological polar surface area (TPSA) is 29.5 Å². The van der Waals surface area contributed by atoms with Crippen LogP contribution in [-0.4, -0.2) is 0 Å². The zero-order valence-electron chi connectivity index (χ0n) is 25.6. The van der Waals surface area contributed by atoms with Crippen LogP contribution in [0.25, 0.3) is 85.6 Å². The van der Waals surface area contributed by atoms with E-state index in [0.717, 1.165) is 60.9 Å². The second-order valence-electron chi connectivity index (χ2n) is 12.4. The number of para-hydroxylation sites is 1. The van der Waals surface area contributed by atoms with Gasteiger partial charge in [0.15, 0.2) is 0 Å². The molecule has 0 aliphatic heterocycles. The predicted octanol–water partition coefficient (Wildman–Crippen LogP) is 13.6. The third-order valence-corrected chi connectivity index (χ3v) is 11.0. The van der Waals surface area contributed by atoms with E-state index in [2.05, 4.69) is 157 Å². The van der Waals surface area contributed by atoms with Crippen molar-refractivity contribution in [3.8, 4) is 0 Å². The largest absolute Gasteiger partial charge is 0.456 e. The van der Waals surface area contributed by atoms with E-state index in [4.69, 9.17) is 8.83 Å². The molecule has 48 heavy (non-hydrogen) atoms. The van der Waals surface area contributed by atoms with Crippen molar-refractivity contribution in [2.75, 3.05) is 4.90 Å². The van der Waals surface area contributed by atoms with Gasteiger partial charge in [0.1, 0.15) is 22.3 Å². The van der Waals surface area contributed by atoms with Crippen molar-refractivity contribution in [2.45, 2.75) is 0 Å². The van der Waals surface area contributed by atoms with Gasteiger partial charge in [0.25, 0.3) is 0 Å². The number of hydrogen-bond donors (Lipinski definition) is 0. The van der Waals surface area contributed by atoms with Crippen molar-refractivity contribution in [3.63, 3.8) is 0 Å². The van der Waals surface area contributed by atoms with E-state index < -0.39 is 0 Å². The van der Waals surface area contributed by atoms with Crippen molar-refractivity contribution in [2.24, 2.45) is 0 Å². The first-order valence-electron chi connectivity index (χ1n) is 16.2. The fourth-order valence-electron chi connectivity index (χ4n) is 7.72. The monoisotopic (exact) mass is 631 g/mol. The summed E-state index contributed by atoms with van der Waals surface area (Å²) >= 11 is 1.84. The number of furan rings is 2. The first-order chi connectivity index (χ1) is 23.8. The third kappa shape index (κ3) is 3.58. The molecule has 4 heteroatoms. The summed E-state index contributed by atoms with van der Waals surface area (Å²) in [6.07, 6.45) is 0. The van der Waals surface area contributed by atoms with Crippen LogP contribution < -0.4 is 4.90 Å². The molecule has 8 aromatic carbocycles. The van der Waals surface area contributed by atoms with E-state index in [1.165, 1.54) is 41.7 Å². The molecule has 3 aromatic heterocycles. The molecular formula is C44H25NO2S. The molecule has 0 saturated carbocycles. The summed E-state index contributed by atoms with van der Waals surface area (Å²) < 4.78 is 15.6. The number of fused-ring (bicyclic) bond motifs is 14. The summed E-state index contributed by atoms with van der Waals surface area (Å²) in [5.74, 6) is 0. The molecule has 0 N–H and O–H groups in total. The number of hydrogen-bond acceptors (Lipinski definition) is 4. The fourth-order valence-corrected chi connectivity index (χ4v) is 8.94.